The summed E-state index contributed by atoms with van der Waals surface area (Å²) in [4.78, 5) is 24.8. The Labute approximate surface area is 413 Å². The summed E-state index contributed by atoms with van der Waals surface area (Å²) in [5, 5.41) is 9.10. The van der Waals surface area contributed by atoms with Crippen molar-refractivity contribution in [3.63, 3.8) is 0 Å². The van der Waals surface area contributed by atoms with Crippen molar-refractivity contribution in [2.45, 2.75) is 115 Å². The van der Waals surface area contributed by atoms with E-state index in [0.717, 1.165) is 69.4 Å². The van der Waals surface area contributed by atoms with Crippen LogP contribution in [0.25, 0.3) is 33.6 Å². The maximum atomic E-state index is 12.4. The molecule has 2 aromatic heterocycles. The molecule has 0 aliphatic heterocycles. The van der Waals surface area contributed by atoms with Gasteiger partial charge in [0.05, 0.1) is 61.6 Å². The second kappa shape index (κ2) is 21.7. The normalized spacial score (nSPS) is 20.6. The third kappa shape index (κ3) is 10.7. The molecule has 0 unspecified atom stereocenters. The van der Waals surface area contributed by atoms with Crippen LogP contribution in [0.2, 0.25) is 0 Å². The van der Waals surface area contributed by atoms with Crippen molar-refractivity contribution in [3.8, 4) is 69.8 Å². The van der Waals surface area contributed by atoms with E-state index in [1.807, 2.05) is 57.9 Å². The van der Waals surface area contributed by atoms with Gasteiger partial charge < -0.3 is 18.9 Å². The highest BCUT2D eigenvalue weighted by molar-refractivity contribution is 5.91. The summed E-state index contributed by atoms with van der Waals surface area (Å²) in [5.41, 5.74) is 8.66. The number of ether oxygens (including phenoxy) is 4. The molecule has 4 aliphatic rings. The zero-order chi connectivity index (χ0) is 48.7. The van der Waals surface area contributed by atoms with Crippen LogP contribution in [0.5, 0.6) is 11.5 Å². The minimum atomic E-state index is -0.387. The van der Waals surface area contributed by atoms with Crippen molar-refractivity contribution in [1.82, 2.24) is 19.6 Å². The summed E-state index contributed by atoms with van der Waals surface area (Å²) in [6, 6.07) is 32.9. The van der Waals surface area contributed by atoms with Crippen molar-refractivity contribution in [1.29, 1.82) is 0 Å². The van der Waals surface area contributed by atoms with Crippen molar-refractivity contribution in [2.24, 2.45) is 23.7 Å². The SMILES string of the molecule is C#C[C@@H]1C[C@H]1c1c(C(=O)OC)cnn1-c1cccc(-c2cccc(O[C@@H](C)C3CCCCC3)c2)c1.C#C[C@H]1C[C@@H]1c1c(C(=O)OC)cnn1-c1cccc(-c2cccc(O[C@@H](C)C3CCCCC3)c2)c1. The minimum Gasteiger partial charge on any atom is -0.490 e. The molecular formula is C60H64N4O6. The van der Waals surface area contributed by atoms with Crippen LogP contribution in [0.1, 0.15) is 135 Å². The van der Waals surface area contributed by atoms with Crippen LogP contribution in [0.4, 0.5) is 0 Å². The molecule has 10 rings (SSSR count). The highest BCUT2D eigenvalue weighted by atomic mass is 16.5. The molecule has 10 nitrogen and oxygen atoms in total. The monoisotopic (exact) mass is 936 g/mol. The van der Waals surface area contributed by atoms with E-state index < -0.39 is 0 Å². The van der Waals surface area contributed by atoms with Crippen LogP contribution in [0, 0.1) is 48.4 Å². The molecule has 0 amide bonds. The Morgan fingerprint density at radius 1 is 0.557 bits per heavy atom. The number of carbonyl (C=O) groups excluding carboxylic acids is 2. The summed E-state index contributed by atoms with van der Waals surface area (Å²) in [6.45, 7) is 4.39. The number of nitrogens with zero attached hydrogens (tertiary/aromatic N) is 4. The third-order valence-corrected chi connectivity index (χ3v) is 14.9. The van der Waals surface area contributed by atoms with Gasteiger partial charge in [-0.25, -0.2) is 19.0 Å². The van der Waals surface area contributed by atoms with Crippen LogP contribution in [0.3, 0.4) is 0 Å². The van der Waals surface area contributed by atoms with E-state index in [1.54, 1.807) is 12.4 Å². The van der Waals surface area contributed by atoms with Crippen molar-refractivity contribution >= 4 is 11.9 Å². The number of hydrogen-bond donors (Lipinski definition) is 0. The van der Waals surface area contributed by atoms with Gasteiger partial charge in [-0.3, -0.25) is 0 Å². The minimum absolute atomic E-state index is 0.109. The molecule has 4 aliphatic carbocycles. The summed E-state index contributed by atoms with van der Waals surface area (Å²) in [5.74, 6) is 8.38. The first kappa shape index (κ1) is 48.0. The Morgan fingerprint density at radius 3 is 1.29 bits per heavy atom. The Kier molecular flexibility index (Phi) is 14.9. The second-order valence-corrected chi connectivity index (χ2v) is 19.5. The summed E-state index contributed by atoms with van der Waals surface area (Å²) < 4.78 is 26.4. The largest absolute Gasteiger partial charge is 0.490 e. The molecule has 70 heavy (non-hydrogen) atoms. The van der Waals surface area contributed by atoms with Crippen molar-refractivity contribution in [2.75, 3.05) is 14.2 Å². The first-order chi connectivity index (χ1) is 34.2. The zero-order valence-corrected chi connectivity index (χ0v) is 40.9. The molecule has 0 spiro atoms. The van der Waals surface area contributed by atoms with Crippen LogP contribution in [0.15, 0.2) is 109 Å². The Balaban J connectivity index is 0.000000174. The summed E-state index contributed by atoms with van der Waals surface area (Å²) >= 11 is 0. The molecule has 4 saturated carbocycles. The molecule has 0 saturated heterocycles. The lowest BCUT2D eigenvalue weighted by Gasteiger charge is -2.28. The zero-order valence-electron chi connectivity index (χ0n) is 40.9. The number of aromatic nitrogens is 4. The molecule has 10 heteroatoms. The second-order valence-electron chi connectivity index (χ2n) is 19.5. The molecule has 0 N–H and O–H groups in total. The maximum absolute atomic E-state index is 12.4. The van der Waals surface area contributed by atoms with E-state index in [4.69, 9.17) is 31.8 Å². The molecular weight excluding hydrogens is 873 g/mol. The first-order valence-electron chi connectivity index (χ1n) is 25.2. The Hall–Kier alpha value is -7.04. The highest BCUT2D eigenvalue weighted by Crippen LogP contribution is 2.50. The molecule has 4 fully saturated rings. The lowest BCUT2D eigenvalue weighted by atomic mass is 9.86. The summed E-state index contributed by atoms with van der Waals surface area (Å²) in [7, 11) is 2.78. The predicted molar refractivity (Wildman–Crippen MR) is 273 cm³/mol. The number of benzene rings is 4. The quantitative estimate of drug-likeness (QED) is 0.0785. The van der Waals surface area contributed by atoms with Gasteiger partial charge in [0.2, 0.25) is 0 Å². The van der Waals surface area contributed by atoms with Gasteiger partial charge in [0.15, 0.2) is 0 Å². The maximum Gasteiger partial charge on any atom is 0.341 e. The average Bonchev–Trinajstić information content (AvgIpc) is 4.29. The topological polar surface area (TPSA) is 107 Å². The highest BCUT2D eigenvalue weighted by Gasteiger charge is 2.44. The van der Waals surface area contributed by atoms with E-state index in [2.05, 4.69) is 84.4 Å². The fourth-order valence-electron chi connectivity index (χ4n) is 10.7. The van der Waals surface area contributed by atoms with E-state index in [1.165, 1.54) is 78.4 Å². The molecule has 0 bridgehead atoms. The molecule has 4 aromatic carbocycles. The van der Waals surface area contributed by atoms with E-state index >= 15 is 0 Å². The van der Waals surface area contributed by atoms with E-state index in [9.17, 15) is 9.59 Å². The molecule has 0 radical (unpaired) electrons. The Bertz CT molecular complexity index is 2690. The fraction of sp³-hybridized carbons (Fsp3) is 0.400. The molecule has 360 valence electrons. The van der Waals surface area contributed by atoms with Gasteiger partial charge in [0.1, 0.15) is 22.6 Å². The standard InChI is InChI=1S/2C30H32N2O3/c2*1-4-21-18-27(21)29-28(30(33)34-3)19-31-32(29)25-14-8-12-23(16-25)24-13-9-15-26(17-24)35-20(2)22-10-6-5-7-11-22/h2*1,8-9,12-17,19-22,27H,5-7,10-11,18H2,2-3H3/t20-,21+,27+;20-,21-,27-/m00/s1. The number of rotatable bonds is 14. The fourth-order valence-corrected chi connectivity index (χ4v) is 10.7. The number of carbonyl (C=O) groups is 2. The van der Waals surface area contributed by atoms with E-state index in [-0.39, 0.29) is 47.8 Å². The van der Waals surface area contributed by atoms with Gasteiger partial charge in [0, 0.05) is 23.7 Å². The van der Waals surface area contributed by atoms with Crippen molar-refractivity contribution < 1.29 is 28.5 Å². The van der Waals surface area contributed by atoms with Crippen LogP contribution in [-0.2, 0) is 9.47 Å². The number of hydrogen-bond acceptors (Lipinski definition) is 8. The van der Waals surface area contributed by atoms with Crippen LogP contribution < -0.4 is 9.47 Å². The van der Waals surface area contributed by atoms with Gasteiger partial charge in [-0.2, -0.15) is 10.2 Å². The summed E-state index contributed by atoms with van der Waals surface area (Å²) in [6.07, 6.45) is 29.6. The third-order valence-electron chi connectivity index (χ3n) is 14.9. The van der Waals surface area contributed by atoms with Crippen LogP contribution in [-0.4, -0.2) is 57.9 Å². The van der Waals surface area contributed by atoms with Gasteiger partial charge in [-0.15, -0.1) is 24.7 Å². The van der Waals surface area contributed by atoms with Crippen LogP contribution >= 0.6 is 0 Å². The molecule has 6 aromatic rings. The average molecular weight is 937 g/mol. The predicted octanol–water partition coefficient (Wildman–Crippen LogP) is 12.8. The van der Waals surface area contributed by atoms with Crippen molar-refractivity contribution in [3.05, 3.63) is 132 Å². The van der Waals surface area contributed by atoms with Gasteiger partial charge >= 0.3 is 11.9 Å². The number of esters is 2. The lowest BCUT2D eigenvalue weighted by Crippen LogP contribution is -2.25. The van der Waals surface area contributed by atoms with E-state index in [0.29, 0.717) is 23.0 Å². The lowest BCUT2D eigenvalue weighted by molar-refractivity contribution is 0.0590. The Morgan fingerprint density at radius 2 is 0.929 bits per heavy atom. The molecule has 6 atom stereocenters. The number of methoxy groups -OCH3 is 2. The smallest absolute Gasteiger partial charge is 0.341 e. The van der Waals surface area contributed by atoms with Gasteiger partial charge in [-0.1, -0.05) is 87.1 Å². The first-order valence-corrected chi connectivity index (χ1v) is 25.2. The van der Waals surface area contributed by atoms with Gasteiger partial charge in [0.25, 0.3) is 0 Å². The van der Waals surface area contributed by atoms with Gasteiger partial charge in [-0.05, 0) is 135 Å². The number of terminal acetylenes is 2. The molecule has 2 heterocycles.